The van der Waals surface area contributed by atoms with Gasteiger partial charge in [0.2, 0.25) is 0 Å². The maximum atomic E-state index is 11.3. The molecular formula is C21H25NO3. The van der Waals surface area contributed by atoms with E-state index >= 15 is 0 Å². The Morgan fingerprint density at radius 1 is 0.760 bits per heavy atom. The Bertz CT molecular complexity index is 631. The molecule has 0 saturated heterocycles. The Morgan fingerprint density at radius 2 is 1.24 bits per heavy atom. The second kappa shape index (κ2) is 9.97. The molecule has 0 fully saturated rings. The van der Waals surface area contributed by atoms with E-state index in [1.165, 1.54) is 0 Å². The second-order valence-electron chi connectivity index (χ2n) is 5.85. The zero-order valence-electron chi connectivity index (χ0n) is 14.3. The van der Waals surface area contributed by atoms with Gasteiger partial charge in [-0.05, 0) is 11.1 Å². The van der Waals surface area contributed by atoms with Crippen molar-refractivity contribution in [3.63, 3.8) is 0 Å². The Hall–Kier alpha value is -2.16. The van der Waals surface area contributed by atoms with Crippen LogP contribution >= 0.6 is 0 Å². The smallest absolute Gasteiger partial charge is 0.125 e. The third kappa shape index (κ3) is 5.42. The Balaban J connectivity index is 2.17. The van der Waals surface area contributed by atoms with Crippen molar-refractivity contribution in [2.45, 2.75) is 12.0 Å². The first-order valence-electron chi connectivity index (χ1n) is 8.44. The van der Waals surface area contributed by atoms with Gasteiger partial charge in [0, 0.05) is 19.5 Å². The fraction of sp³-hybridized carbons (Fsp3) is 0.333. The summed E-state index contributed by atoms with van der Waals surface area (Å²) in [6.07, 6.45) is 0.271. The van der Waals surface area contributed by atoms with Gasteiger partial charge in [0.25, 0.3) is 0 Å². The molecule has 0 radical (unpaired) electrons. The summed E-state index contributed by atoms with van der Waals surface area (Å²) >= 11 is 0. The van der Waals surface area contributed by atoms with Gasteiger partial charge in [0.1, 0.15) is 5.60 Å². The molecule has 0 amide bonds. The highest BCUT2D eigenvalue weighted by atomic mass is 16.3. The molecule has 0 atom stereocenters. The largest absolute Gasteiger partial charge is 0.395 e. The van der Waals surface area contributed by atoms with Gasteiger partial charge < -0.3 is 15.3 Å². The van der Waals surface area contributed by atoms with Crippen molar-refractivity contribution in [2.75, 3.05) is 32.8 Å². The van der Waals surface area contributed by atoms with Crippen molar-refractivity contribution in [3.05, 3.63) is 71.8 Å². The van der Waals surface area contributed by atoms with Crippen LogP contribution in [-0.4, -0.2) is 53.1 Å². The summed E-state index contributed by atoms with van der Waals surface area (Å²) in [6, 6.07) is 19.1. The summed E-state index contributed by atoms with van der Waals surface area (Å²) in [5, 5.41) is 29.4. The molecule has 3 N–H and O–H groups in total. The summed E-state index contributed by atoms with van der Waals surface area (Å²) in [5.41, 5.74) is 0.435. The first-order valence-corrected chi connectivity index (χ1v) is 8.44. The van der Waals surface area contributed by atoms with Crippen LogP contribution in [0.4, 0.5) is 0 Å². The van der Waals surface area contributed by atoms with Gasteiger partial charge in [0.15, 0.2) is 0 Å². The van der Waals surface area contributed by atoms with Gasteiger partial charge in [-0.2, -0.15) is 0 Å². The molecule has 2 aromatic rings. The van der Waals surface area contributed by atoms with E-state index in [0.29, 0.717) is 19.6 Å². The van der Waals surface area contributed by atoms with E-state index in [9.17, 15) is 5.11 Å². The number of nitrogens with zero attached hydrogens (tertiary/aromatic N) is 1. The fourth-order valence-electron chi connectivity index (χ4n) is 2.71. The van der Waals surface area contributed by atoms with Gasteiger partial charge >= 0.3 is 0 Å². The standard InChI is InChI=1S/C21H25NO3/c23-17-15-22(16-18-24)14-8-7-13-21(25,19-9-3-1-4-10-19)20-11-5-2-6-12-20/h1-6,9-12,23-25H,13-18H2. The van der Waals surface area contributed by atoms with Crippen LogP contribution in [-0.2, 0) is 5.60 Å². The lowest BCUT2D eigenvalue weighted by atomic mass is 9.84. The summed E-state index contributed by atoms with van der Waals surface area (Å²) in [6.45, 7) is 1.44. The molecule has 0 saturated carbocycles. The van der Waals surface area contributed by atoms with Crippen molar-refractivity contribution in [2.24, 2.45) is 0 Å². The molecule has 4 nitrogen and oxygen atoms in total. The van der Waals surface area contributed by atoms with E-state index in [-0.39, 0.29) is 19.6 Å². The van der Waals surface area contributed by atoms with Crippen LogP contribution in [0.2, 0.25) is 0 Å². The highest BCUT2D eigenvalue weighted by molar-refractivity contribution is 5.37. The Labute approximate surface area is 149 Å². The molecule has 0 aliphatic carbocycles. The molecular weight excluding hydrogens is 314 g/mol. The van der Waals surface area contributed by atoms with Crippen LogP contribution in [0.15, 0.2) is 60.7 Å². The zero-order valence-corrected chi connectivity index (χ0v) is 14.3. The maximum Gasteiger partial charge on any atom is 0.125 e. The third-order valence-corrected chi connectivity index (χ3v) is 4.11. The average molecular weight is 339 g/mol. The first-order chi connectivity index (χ1) is 12.2. The van der Waals surface area contributed by atoms with E-state index in [0.717, 1.165) is 11.1 Å². The molecule has 0 aliphatic heterocycles. The Morgan fingerprint density at radius 3 is 1.68 bits per heavy atom. The molecule has 25 heavy (non-hydrogen) atoms. The van der Waals surface area contributed by atoms with E-state index in [2.05, 4.69) is 11.8 Å². The topological polar surface area (TPSA) is 63.9 Å². The lowest BCUT2D eigenvalue weighted by Gasteiger charge is -2.27. The normalized spacial score (nSPS) is 11.2. The summed E-state index contributed by atoms with van der Waals surface area (Å²) in [7, 11) is 0. The van der Waals surface area contributed by atoms with Gasteiger partial charge in [-0.3, -0.25) is 4.90 Å². The minimum Gasteiger partial charge on any atom is -0.395 e. The molecule has 0 aromatic heterocycles. The SMILES string of the molecule is OCCN(CC#CCC(O)(c1ccccc1)c1ccccc1)CCO. The van der Waals surface area contributed by atoms with Crippen LogP contribution in [0.25, 0.3) is 0 Å². The van der Waals surface area contributed by atoms with Crippen LogP contribution in [0.1, 0.15) is 17.5 Å². The van der Waals surface area contributed by atoms with Crippen molar-refractivity contribution < 1.29 is 15.3 Å². The number of hydrogen-bond acceptors (Lipinski definition) is 4. The van der Waals surface area contributed by atoms with Crippen LogP contribution < -0.4 is 0 Å². The quantitative estimate of drug-likeness (QED) is 0.639. The van der Waals surface area contributed by atoms with E-state index < -0.39 is 5.60 Å². The molecule has 0 spiro atoms. The summed E-state index contributed by atoms with van der Waals surface area (Å²) in [5.74, 6) is 6.11. The van der Waals surface area contributed by atoms with E-state index in [4.69, 9.17) is 10.2 Å². The third-order valence-electron chi connectivity index (χ3n) is 4.11. The number of benzene rings is 2. The van der Waals surface area contributed by atoms with Crippen molar-refractivity contribution in [1.82, 2.24) is 4.90 Å². The molecule has 0 bridgehead atoms. The fourth-order valence-corrected chi connectivity index (χ4v) is 2.71. The van der Waals surface area contributed by atoms with Crippen molar-refractivity contribution in [3.8, 4) is 11.8 Å². The molecule has 132 valence electrons. The predicted octanol–water partition coefficient (Wildman–Crippen LogP) is 1.60. The molecule has 0 heterocycles. The van der Waals surface area contributed by atoms with E-state index in [1.54, 1.807) is 0 Å². The van der Waals surface area contributed by atoms with Crippen LogP contribution in [0, 0.1) is 11.8 Å². The number of rotatable bonds is 8. The second-order valence-corrected chi connectivity index (χ2v) is 5.85. The zero-order chi connectivity index (χ0) is 18.0. The molecule has 2 rings (SSSR count). The summed E-state index contributed by atoms with van der Waals surface area (Å²) in [4.78, 5) is 1.87. The van der Waals surface area contributed by atoms with Gasteiger partial charge in [-0.25, -0.2) is 0 Å². The molecule has 0 aliphatic rings. The van der Waals surface area contributed by atoms with Crippen molar-refractivity contribution in [1.29, 1.82) is 0 Å². The minimum absolute atomic E-state index is 0.0274. The van der Waals surface area contributed by atoms with E-state index in [1.807, 2.05) is 65.6 Å². The predicted molar refractivity (Wildman–Crippen MR) is 98.9 cm³/mol. The monoisotopic (exact) mass is 339 g/mol. The lowest BCUT2D eigenvalue weighted by molar-refractivity contribution is 0.0864. The van der Waals surface area contributed by atoms with Crippen LogP contribution in [0.3, 0.4) is 0 Å². The highest BCUT2D eigenvalue weighted by Gasteiger charge is 2.30. The number of aliphatic hydroxyl groups excluding tert-OH is 2. The lowest BCUT2D eigenvalue weighted by Crippen LogP contribution is -2.30. The van der Waals surface area contributed by atoms with Gasteiger partial charge in [0.05, 0.1) is 19.8 Å². The number of aliphatic hydroxyl groups is 3. The maximum absolute atomic E-state index is 11.3. The molecule has 4 heteroatoms. The van der Waals surface area contributed by atoms with Gasteiger partial charge in [-0.15, -0.1) is 0 Å². The summed E-state index contributed by atoms with van der Waals surface area (Å²) < 4.78 is 0. The average Bonchev–Trinajstić information content (AvgIpc) is 2.67. The minimum atomic E-state index is -1.17. The Kier molecular flexibility index (Phi) is 7.65. The van der Waals surface area contributed by atoms with Crippen LogP contribution in [0.5, 0.6) is 0 Å². The van der Waals surface area contributed by atoms with Crippen molar-refractivity contribution >= 4 is 0 Å². The first kappa shape index (κ1) is 19.2. The molecule has 2 aromatic carbocycles. The van der Waals surface area contributed by atoms with Gasteiger partial charge in [-0.1, -0.05) is 72.5 Å². The number of hydrogen-bond donors (Lipinski definition) is 3. The molecule has 0 unspecified atom stereocenters. The highest BCUT2D eigenvalue weighted by Crippen LogP contribution is 2.32.